The first-order valence-corrected chi connectivity index (χ1v) is 14.6. The maximum Gasteiger partial charge on any atom is 0.201 e. The van der Waals surface area contributed by atoms with E-state index in [1.54, 1.807) is 6.92 Å². The predicted octanol–water partition coefficient (Wildman–Crippen LogP) is 10.6. The molecule has 0 radical (unpaired) electrons. The van der Waals surface area contributed by atoms with E-state index >= 15 is 0 Å². The fourth-order valence-corrected chi connectivity index (χ4v) is 6.80. The lowest BCUT2D eigenvalue weighted by molar-refractivity contribution is 0.366. The van der Waals surface area contributed by atoms with E-state index in [1.165, 1.54) is 0 Å². The van der Waals surface area contributed by atoms with Gasteiger partial charge in [-0.05, 0) is 80.9 Å². The zero-order valence-electron chi connectivity index (χ0n) is 24.2. The van der Waals surface area contributed by atoms with E-state index in [4.69, 9.17) is 4.42 Å². The molecule has 8 rings (SSSR count). The van der Waals surface area contributed by atoms with Gasteiger partial charge in [0, 0.05) is 21.9 Å². The summed E-state index contributed by atoms with van der Waals surface area (Å²) in [6, 6.07) is 39.4. The van der Waals surface area contributed by atoms with Crippen molar-refractivity contribution in [1.29, 1.82) is 0 Å². The first-order chi connectivity index (χ1) is 21.4. The highest BCUT2D eigenvalue weighted by Gasteiger charge is 2.25. The second-order valence-electron chi connectivity index (χ2n) is 11.4. The summed E-state index contributed by atoms with van der Waals surface area (Å²) in [5.41, 5.74) is 8.73. The van der Waals surface area contributed by atoms with E-state index in [9.17, 15) is 15.3 Å². The number of furan rings is 1. The van der Waals surface area contributed by atoms with Crippen molar-refractivity contribution in [2.24, 2.45) is 0 Å². The summed E-state index contributed by atoms with van der Waals surface area (Å²) < 4.78 is 6.14. The molecule has 0 aliphatic heterocycles. The summed E-state index contributed by atoms with van der Waals surface area (Å²) in [6.07, 6.45) is 0. The molecule has 8 aromatic rings. The highest BCUT2D eigenvalue weighted by molar-refractivity contribution is 6.22. The smallest absolute Gasteiger partial charge is 0.201 e. The third-order valence-corrected chi connectivity index (χ3v) is 9.05. The molecule has 0 bridgehead atoms. The molecule has 1 heterocycles. The van der Waals surface area contributed by atoms with Crippen LogP contribution in [0.3, 0.4) is 0 Å². The molecule has 4 heteroatoms. The van der Waals surface area contributed by atoms with Gasteiger partial charge in [0.15, 0.2) is 11.5 Å². The monoisotopic (exact) mass is 572 g/mol. The van der Waals surface area contributed by atoms with Gasteiger partial charge in [-0.15, -0.1) is 0 Å². The van der Waals surface area contributed by atoms with Gasteiger partial charge < -0.3 is 19.7 Å². The minimum Gasteiger partial charge on any atom is -0.504 e. The summed E-state index contributed by atoms with van der Waals surface area (Å²) >= 11 is 0. The van der Waals surface area contributed by atoms with E-state index in [0.717, 1.165) is 71.3 Å². The fraction of sp³-hybridized carbons (Fsp3) is 0.0500. The molecule has 1 aromatic heterocycles. The second kappa shape index (κ2) is 9.65. The fourth-order valence-electron chi connectivity index (χ4n) is 6.80. The largest absolute Gasteiger partial charge is 0.504 e. The summed E-state index contributed by atoms with van der Waals surface area (Å²) in [5.74, 6) is -1.12. The molecule has 0 spiro atoms. The van der Waals surface area contributed by atoms with Crippen LogP contribution in [0.25, 0.3) is 76.9 Å². The maximum absolute atomic E-state index is 11.2. The Hall–Kier alpha value is -5.74. The van der Waals surface area contributed by atoms with E-state index in [1.807, 2.05) is 61.5 Å². The van der Waals surface area contributed by atoms with Gasteiger partial charge in [0.05, 0.1) is 0 Å². The van der Waals surface area contributed by atoms with Crippen LogP contribution in [0.15, 0.2) is 120 Å². The van der Waals surface area contributed by atoms with Crippen LogP contribution in [-0.4, -0.2) is 15.3 Å². The summed E-state index contributed by atoms with van der Waals surface area (Å²) in [4.78, 5) is 0. The third kappa shape index (κ3) is 3.64. The molecule has 0 atom stereocenters. The number of para-hydroxylation sites is 1. The van der Waals surface area contributed by atoms with Gasteiger partial charge in [-0.2, -0.15) is 0 Å². The average molecular weight is 573 g/mol. The summed E-state index contributed by atoms with van der Waals surface area (Å²) in [5, 5.41) is 38.5. The Labute approximate surface area is 253 Å². The molecule has 44 heavy (non-hydrogen) atoms. The lowest BCUT2D eigenvalue weighted by Gasteiger charge is -2.21. The van der Waals surface area contributed by atoms with Crippen molar-refractivity contribution in [2.45, 2.75) is 13.8 Å². The number of rotatable bonds is 3. The molecular weight excluding hydrogens is 544 g/mol. The first kappa shape index (κ1) is 25.9. The highest BCUT2D eigenvalue weighted by Crippen LogP contribution is 2.52. The molecule has 0 aliphatic rings. The Bertz CT molecular complexity index is 2340. The van der Waals surface area contributed by atoms with Gasteiger partial charge in [0.2, 0.25) is 5.75 Å². The van der Waals surface area contributed by atoms with Crippen LogP contribution in [0.5, 0.6) is 17.2 Å². The molecule has 7 aromatic carbocycles. The Morgan fingerprint density at radius 2 is 0.932 bits per heavy atom. The van der Waals surface area contributed by atoms with Gasteiger partial charge in [0.1, 0.15) is 11.2 Å². The zero-order valence-corrected chi connectivity index (χ0v) is 24.2. The molecule has 0 unspecified atom stereocenters. The van der Waals surface area contributed by atoms with E-state index in [0.29, 0.717) is 16.7 Å². The zero-order chi connectivity index (χ0) is 30.1. The van der Waals surface area contributed by atoms with Crippen molar-refractivity contribution in [3.8, 4) is 50.6 Å². The lowest BCUT2D eigenvalue weighted by atomic mass is 9.83. The van der Waals surface area contributed by atoms with Crippen LogP contribution >= 0.6 is 0 Å². The number of hydrogen-bond acceptors (Lipinski definition) is 4. The van der Waals surface area contributed by atoms with Crippen LogP contribution in [0.2, 0.25) is 0 Å². The van der Waals surface area contributed by atoms with E-state index < -0.39 is 5.75 Å². The van der Waals surface area contributed by atoms with Crippen LogP contribution in [-0.2, 0) is 0 Å². The molecule has 0 amide bonds. The summed E-state index contributed by atoms with van der Waals surface area (Å²) in [6.45, 7) is 3.62. The average Bonchev–Trinajstić information content (AvgIpc) is 3.45. The van der Waals surface area contributed by atoms with Crippen molar-refractivity contribution < 1.29 is 19.7 Å². The minimum absolute atomic E-state index is 0.298. The van der Waals surface area contributed by atoms with Crippen molar-refractivity contribution in [3.05, 3.63) is 126 Å². The van der Waals surface area contributed by atoms with Crippen LogP contribution in [0, 0.1) is 13.8 Å². The number of fused-ring (bicyclic) bond motifs is 5. The van der Waals surface area contributed by atoms with Crippen molar-refractivity contribution in [1.82, 2.24) is 0 Å². The first-order valence-electron chi connectivity index (χ1n) is 14.6. The molecule has 4 nitrogen and oxygen atoms in total. The number of hydrogen-bond donors (Lipinski definition) is 3. The third-order valence-electron chi connectivity index (χ3n) is 9.05. The molecular formula is C40H28O4. The second-order valence-corrected chi connectivity index (χ2v) is 11.4. The number of benzene rings is 7. The van der Waals surface area contributed by atoms with Gasteiger partial charge in [-0.1, -0.05) is 103 Å². The Kier molecular flexibility index (Phi) is 5.69. The maximum atomic E-state index is 11.2. The summed E-state index contributed by atoms with van der Waals surface area (Å²) in [7, 11) is 0. The molecule has 0 fully saturated rings. The highest BCUT2D eigenvalue weighted by atomic mass is 16.3. The number of aromatic hydroxyl groups is 3. The van der Waals surface area contributed by atoms with Crippen LogP contribution in [0.1, 0.15) is 11.1 Å². The Balaban J connectivity index is 1.38. The van der Waals surface area contributed by atoms with Gasteiger partial charge in [0.25, 0.3) is 0 Å². The van der Waals surface area contributed by atoms with Crippen LogP contribution < -0.4 is 0 Å². The Morgan fingerprint density at radius 1 is 0.409 bits per heavy atom. The molecule has 0 aliphatic carbocycles. The number of phenols is 3. The van der Waals surface area contributed by atoms with Gasteiger partial charge >= 0.3 is 0 Å². The molecule has 0 saturated heterocycles. The standard InChI is InChI=1S/C40H28O4/c1-22-23(2)38(41)40(43)39(42)34(22)37-29-12-5-3-10-27(29)35(28-11-4-6-13-30(28)37)25-20-18-24(19-21-25)26-15-9-17-33-36(26)31-14-7-8-16-32(31)44-33/h3-21,41-43H,1-2H3. The van der Waals surface area contributed by atoms with Crippen molar-refractivity contribution in [2.75, 3.05) is 0 Å². The predicted molar refractivity (Wildman–Crippen MR) is 180 cm³/mol. The SMILES string of the molecule is Cc1c(C)c(-c2c3ccccc3c(-c3ccc(-c4cccc5oc6ccccc6c45)cc3)c3ccccc23)c(O)c(O)c1O. The topological polar surface area (TPSA) is 73.8 Å². The van der Waals surface area contributed by atoms with Crippen molar-refractivity contribution in [3.63, 3.8) is 0 Å². The van der Waals surface area contributed by atoms with Crippen molar-refractivity contribution >= 4 is 43.5 Å². The van der Waals surface area contributed by atoms with E-state index in [-0.39, 0.29) is 11.5 Å². The Morgan fingerprint density at radius 3 is 1.57 bits per heavy atom. The molecule has 0 saturated carbocycles. The number of phenolic OH excluding ortho intramolecular Hbond substituents is 3. The van der Waals surface area contributed by atoms with Gasteiger partial charge in [-0.25, -0.2) is 0 Å². The molecule has 212 valence electrons. The van der Waals surface area contributed by atoms with Crippen LogP contribution in [0.4, 0.5) is 0 Å². The van der Waals surface area contributed by atoms with Gasteiger partial charge in [-0.3, -0.25) is 0 Å². The quantitative estimate of drug-likeness (QED) is 0.145. The molecule has 3 N–H and O–H groups in total. The van der Waals surface area contributed by atoms with E-state index in [2.05, 4.69) is 60.7 Å². The minimum atomic E-state index is -0.503. The normalized spacial score (nSPS) is 11.7. The lowest BCUT2D eigenvalue weighted by Crippen LogP contribution is -1.95.